The van der Waals surface area contributed by atoms with E-state index < -0.39 is 5.41 Å². The van der Waals surface area contributed by atoms with Gasteiger partial charge in [-0.25, -0.2) is 0 Å². The predicted molar refractivity (Wildman–Crippen MR) is 143 cm³/mol. The third-order valence-corrected chi connectivity index (χ3v) is 7.09. The number of thioether (sulfide) groups is 1. The molecule has 1 heterocycles. The summed E-state index contributed by atoms with van der Waals surface area (Å²) in [4.78, 5) is 39.9. The number of nitrogens with one attached hydrogen (secondary N) is 1. The van der Waals surface area contributed by atoms with Crippen molar-refractivity contribution in [3.8, 4) is 0 Å². The van der Waals surface area contributed by atoms with Gasteiger partial charge >= 0.3 is 0 Å². The van der Waals surface area contributed by atoms with E-state index in [0.29, 0.717) is 14.9 Å². The fourth-order valence-electron chi connectivity index (χ4n) is 3.14. The van der Waals surface area contributed by atoms with E-state index in [4.69, 9.17) is 0 Å². The molecule has 2 aromatic carbocycles. The Bertz CT molecular complexity index is 1340. The van der Waals surface area contributed by atoms with Crippen molar-refractivity contribution in [1.82, 2.24) is 4.57 Å². The van der Waals surface area contributed by atoms with E-state index in [9.17, 15) is 14.4 Å². The Kier molecular flexibility index (Phi) is 8.33. The maximum Gasteiger partial charge on any atom is 0.269 e. The van der Waals surface area contributed by atoms with Crippen molar-refractivity contribution in [1.29, 1.82) is 0 Å². The molecular formula is C27H30N2O3S2. The van der Waals surface area contributed by atoms with Gasteiger partial charge in [-0.2, -0.15) is 0 Å². The minimum Gasteiger partial charge on any atom is -0.325 e. The van der Waals surface area contributed by atoms with Crippen molar-refractivity contribution < 1.29 is 9.59 Å². The monoisotopic (exact) mass is 494 g/mol. The minimum atomic E-state index is -0.592. The van der Waals surface area contributed by atoms with Crippen molar-refractivity contribution in [2.75, 3.05) is 11.6 Å². The number of rotatable bonds is 7. The third-order valence-electron chi connectivity index (χ3n) is 5.29. The van der Waals surface area contributed by atoms with Gasteiger partial charge in [-0.05, 0) is 54.1 Å². The average Bonchev–Trinajstić information content (AvgIpc) is 3.08. The highest BCUT2D eigenvalue weighted by Gasteiger charge is 2.20. The molecule has 0 atom stereocenters. The maximum atomic E-state index is 13.2. The third kappa shape index (κ3) is 6.58. The van der Waals surface area contributed by atoms with E-state index in [1.54, 1.807) is 17.8 Å². The normalized spacial score (nSPS) is 12.7. The Hall–Kier alpha value is -2.90. The van der Waals surface area contributed by atoms with Crippen LogP contribution in [0.4, 0.5) is 5.69 Å². The molecule has 3 rings (SSSR count). The second kappa shape index (κ2) is 11.0. The van der Waals surface area contributed by atoms with Gasteiger partial charge in [-0.1, -0.05) is 52.0 Å². The molecule has 1 N–H and O–H groups in total. The molecule has 1 aromatic heterocycles. The fourth-order valence-corrected chi connectivity index (χ4v) is 4.59. The molecule has 0 saturated carbocycles. The summed E-state index contributed by atoms with van der Waals surface area (Å²) in [5, 5.41) is 2.85. The number of benzene rings is 2. The number of anilines is 1. The van der Waals surface area contributed by atoms with Crippen LogP contribution in [-0.2, 0) is 22.6 Å². The first-order valence-electron chi connectivity index (χ1n) is 11.1. The summed E-state index contributed by atoms with van der Waals surface area (Å²) in [7, 11) is 0. The molecule has 0 spiro atoms. The zero-order valence-corrected chi connectivity index (χ0v) is 21.8. The molecule has 34 heavy (non-hydrogen) atoms. The summed E-state index contributed by atoms with van der Waals surface area (Å²) in [6.07, 6.45) is 6.20. The van der Waals surface area contributed by atoms with Crippen LogP contribution in [0.15, 0.2) is 58.2 Å². The summed E-state index contributed by atoms with van der Waals surface area (Å²) < 4.78 is 2.32. The molecular weight excluding hydrogens is 464 g/mol. The van der Waals surface area contributed by atoms with Crippen molar-refractivity contribution in [3.05, 3.63) is 79.2 Å². The van der Waals surface area contributed by atoms with Crippen LogP contribution in [0.5, 0.6) is 0 Å². The van der Waals surface area contributed by atoms with Gasteiger partial charge in [-0.3, -0.25) is 19.0 Å². The lowest BCUT2D eigenvalue weighted by Crippen LogP contribution is -2.36. The Balaban J connectivity index is 2.00. The van der Waals surface area contributed by atoms with Crippen molar-refractivity contribution in [2.24, 2.45) is 5.41 Å². The van der Waals surface area contributed by atoms with Crippen LogP contribution in [0.1, 0.15) is 38.8 Å². The highest BCUT2D eigenvalue weighted by molar-refractivity contribution is 7.98. The summed E-state index contributed by atoms with van der Waals surface area (Å²) in [6.45, 7) is 7.38. The first-order valence-corrected chi connectivity index (χ1v) is 13.1. The van der Waals surface area contributed by atoms with Gasteiger partial charge in [0.1, 0.15) is 11.2 Å². The topological polar surface area (TPSA) is 68.2 Å². The van der Waals surface area contributed by atoms with E-state index in [0.717, 1.165) is 16.9 Å². The standard InChI is InChI=1S/C27H30N2O3S2/c1-6-18-7-11-20(12-8-18)28-24(31)17-29-25(16-23(30)27(2,3)4)34-22(26(29)32)15-19-9-13-21(33-5)14-10-19/h7-16H,6,17H2,1-5H3,(H,28,31)/b22-15-,25-16-. The quantitative estimate of drug-likeness (QED) is 0.503. The number of nitrogens with zero attached hydrogens (tertiary/aromatic N) is 1. The van der Waals surface area contributed by atoms with Crippen LogP contribution in [0.3, 0.4) is 0 Å². The molecule has 0 aliphatic rings. The van der Waals surface area contributed by atoms with Crippen LogP contribution in [-0.4, -0.2) is 22.5 Å². The number of ketones is 1. The second-order valence-electron chi connectivity index (χ2n) is 8.97. The molecule has 0 saturated heterocycles. The second-order valence-corrected chi connectivity index (χ2v) is 10.9. The highest BCUT2D eigenvalue weighted by atomic mass is 32.2. The molecule has 0 unspecified atom stereocenters. The molecule has 7 heteroatoms. The Labute approximate surface area is 208 Å². The summed E-state index contributed by atoms with van der Waals surface area (Å²) in [5.41, 5.74) is 1.85. The van der Waals surface area contributed by atoms with Crippen LogP contribution in [0.25, 0.3) is 12.2 Å². The number of amides is 1. The number of aromatic nitrogens is 1. The number of Topliss-reactive ketones (excluding diaryl/α,β-unsaturated/α-hetero) is 1. The van der Waals surface area contributed by atoms with Crippen LogP contribution < -0.4 is 20.1 Å². The molecule has 0 fully saturated rings. The summed E-state index contributed by atoms with van der Waals surface area (Å²) >= 11 is 2.87. The average molecular weight is 495 g/mol. The SMILES string of the molecule is CCc1ccc(NC(=O)Cn2c(=O)/c(=C/c3ccc(SC)cc3)s/c2=C\C(=O)C(C)(C)C)cc1. The van der Waals surface area contributed by atoms with Gasteiger partial charge in [0.05, 0.1) is 4.53 Å². The Morgan fingerprint density at radius 1 is 1.06 bits per heavy atom. The van der Waals surface area contributed by atoms with Gasteiger partial charge in [0.15, 0.2) is 5.78 Å². The lowest BCUT2D eigenvalue weighted by atomic mass is 9.91. The zero-order chi connectivity index (χ0) is 24.9. The van der Waals surface area contributed by atoms with Gasteiger partial charge in [-0.15, -0.1) is 23.1 Å². The van der Waals surface area contributed by atoms with Gasteiger partial charge < -0.3 is 5.32 Å². The molecule has 1 amide bonds. The van der Waals surface area contributed by atoms with E-state index in [1.165, 1.54) is 27.5 Å². The molecule has 3 aromatic rings. The Morgan fingerprint density at radius 2 is 1.71 bits per heavy atom. The lowest BCUT2D eigenvalue weighted by Gasteiger charge is -2.13. The van der Waals surface area contributed by atoms with Gasteiger partial charge in [0.25, 0.3) is 5.56 Å². The van der Waals surface area contributed by atoms with Crippen molar-refractivity contribution in [2.45, 2.75) is 45.6 Å². The predicted octanol–water partition coefficient (Wildman–Crippen LogP) is 4.06. The number of carbonyl (C=O) groups is 2. The van der Waals surface area contributed by atoms with Gasteiger partial charge in [0, 0.05) is 22.1 Å². The number of hydrogen-bond donors (Lipinski definition) is 1. The minimum absolute atomic E-state index is 0.103. The van der Waals surface area contributed by atoms with Gasteiger partial charge in [0.2, 0.25) is 5.91 Å². The van der Waals surface area contributed by atoms with E-state index in [2.05, 4.69) is 12.2 Å². The van der Waals surface area contributed by atoms with E-state index in [1.807, 2.05) is 75.6 Å². The molecule has 0 bridgehead atoms. The van der Waals surface area contributed by atoms with Crippen LogP contribution in [0.2, 0.25) is 0 Å². The van der Waals surface area contributed by atoms with Crippen molar-refractivity contribution in [3.63, 3.8) is 0 Å². The lowest BCUT2D eigenvalue weighted by molar-refractivity contribution is -0.120. The fraction of sp³-hybridized carbons (Fsp3) is 0.296. The molecule has 0 radical (unpaired) electrons. The largest absolute Gasteiger partial charge is 0.325 e. The first-order chi connectivity index (χ1) is 16.1. The zero-order valence-electron chi connectivity index (χ0n) is 20.2. The molecule has 178 valence electrons. The molecule has 0 aliphatic carbocycles. The van der Waals surface area contributed by atoms with Crippen LogP contribution in [0, 0.1) is 5.41 Å². The van der Waals surface area contributed by atoms with E-state index >= 15 is 0 Å². The van der Waals surface area contributed by atoms with Crippen LogP contribution >= 0.6 is 23.1 Å². The molecule has 5 nitrogen and oxygen atoms in total. The summed E-state index contributed by atoms with van der Waals surface area (Å²) in [6, 6.07) is 15.5. The van der Waals surface area contributed by atoms with Crippen molar-refractivity contribution >= 4 is 52.6 Å². The number of thiazole rings is 1. The number of hydrogen-bond acceptors (Lipinski definition) is 5. The number of carbonyl (C=O) groups excluding carboxylic acids is 2. The smallest absolute Gasteiger partial charge is 0.269 e. The maximum absolute atomic E-state index is 13.2. The first kappa shape index (κ1) is 25.7. The number of aryl methyl sites for hydroxylation is 1. The molecule has 0 aliphatic heterocycles. The highest BCUT2D eigenvalue weighted by Crippen LogP contribution is 2.16. The summed E-state index contributed by atoms with van der Waals surface area (Å²) in [5.74, 6) is -0.424. The Morgan fingerprint density at radius 3 is 2.26 bits per heavy atom. The van der Waals surface area contributed by atoms with E-state index in [-0.39, 0.29) is 23.8 Å².